The van der Waals surface area contributed by atoms with Crippen molar-refractivity contribution in [3.63, 3.8) is 0 Å². The smallest absolute Gasteiger partial charge is 0.136 e. The molecule has 0 aromatic heterocycles. The summed E-state index contributed by atoms with van der Waals surface area (Å²) in [7, 11) is 0. The Bertz CT molecular complexity index is 378. The van der Waals surface area contributed by atoms with Crippen molar-refractivity contribution in [1.29, 1.82) is 0 Å². The largest absolute Gasteiger partial charge is 0.393 e. The van der Waals surface area contributed by atoms with Crippen LogP contribution < -0.4 is 0 Å². The van der Waals surface area contributed by atoms with Crippen LogP contribution in [0.25, 0.3) is 0 Å². The van der Waals surface area contributed by atoms with Crippen LogP contribution in [-0.4, -0.2) is 17.0 Å². The fraction of sp³-hybridized carbons (Fsp3) is 0.643. The molecule has 0 bridgehead atoms. The van der Waals surface area contributed by atoms with E-state index < -0.39 is 0 Å². The van der Waals surface area contributed by atoms with Crippen LogP contribution in [0, 0.1) is 11.8 Å². The fourth-order valence-corrected chi connectivity index (χ4v) is 3.54. The third-order valence-corrected chi connectivity index (χ3v) is 4.37. The summed E-state index contributed by atoms with van der Waals surface area (Å²) in [5, 5.41) is 9.67. The SMILES string of the molecule is O=C1CCC2C(=CC=C3C[C@H](O)CCC32)C1. The number of aliphatic hydroxyl groups is 1. The Morgan fingerprint density at radius 3 is 2.69 bits per heavy atom. The Labute approximate surface area is 96.0 Å². The third kappa shape index (κ3) is 1.65. The molecular formula is C14H18O2. The summed E-state index contributed by atoms with van der Waals surface area (Å²) in [6, 6.07) is 0. The highest BCUT2D eigenvalue weighted by Gasteiger charge is 2.36. The number of allylic oxidation sites excluding steroid dienone is 3. The van der Waals surface area contributed by atoms with E-state index in [1.54, 1.807) is 0 Å². The summed E-state index contributed by atoms with van der Waals surface area (Å²) >= 11 is 0. The molecule has 0 radical (unpaired) electrons. The maximum absolute atomic E-state index is 11.4. The standard InChI is InChI=1S/C14H18O2/c15-11-3-5-13-9(7-11)1-2-10-8-12(16)4-6-14(10)13/h1-2,11,13-15H,3-8H2/t11-,13?,14?/m1/s1. The van der Waals surface area contributed by atoms with Gasteiger partial charge in [0.2, 0.25) is 0 Å². The van der Waals surface area contributed by atoms with E-state index in [9.17, 15) is 9.90 Å². The van der Waals surface area contributed by atoms with E-state index in [2.05, 4.69) is 12.2 Å². The van der Waals surface area contributed by atoms with Gasteiger partial charge < -0.3 is 5.11 Å². The Kier molecular flexibility index (Phi) is 2.47. The second kappa shape index (κ2) is 3.85. The van der Waals surface area contributed by atoms with Crippen LogP contribution in [0.3, 0.4) is 0 Å². The van der Waals surface area contributed by atoms with E-state index in [0.29, 0.717) is 24.0 Å². The number of fused-ring (bicyclic) bond motifs is 3. The maximum atomic E-state index is 11.4. The Morgan fingerprint density at radius 1 is 1.06 bits per heavy atom. The van der Waals surface area contributed by atoms with Crippen LogP contribution in [0.15, 0.2) is 23.3 Å². The van der Waals surface area contributed by atoms with Crippen LogP contribution in [0.5, 0.6) is 0 Å². The van der Waals surface area contributed by atoms with E-state index in [4.69, 9.17) is 0 Å². The quantitative estimate of drug-likeness (QED) is 0.678. The highest BCUT2D eigenvalue weighted by Crippen LogP contribution is 2.45. The molecular weight excluding hydrogens is 200 g/mol. The van der Waals surface area contributed by atoms with Gasteiger partial charge in [-0.05, 0) is 37.5 Å². The summed E-state index contributed by atoms with van der Waals surface area (Å²) in [4.78, 5) is 11.4. The first-order valence-electron chi connectivity index (χ1n) is 6.33. The van der Waals surface area contributed by atoms with E-state index in [1.807, 2.05) is 0 Å². The van der Waals surface area contributed by atoms with Gasteiger partial charge in [-0.1, -0.05) is 23.3 Å². The minimum Gasteiger partial charge on any atom is -0.393 e. The number of carbonyl (C=O) groups is 1. The molecule has 2 nitrogen and oxygen atoms in total. The highest BCUT2D eigenvalue weighted by atomic mass is 16.3. The van der Waals surface area contributed by atoms with Crippen LogP contribution in [-0.2, 0) is 4.79 Å². The second-order valence-electron chi connectivity index (χ2n) is 5.39. The van der Waals surface area contributed by atoms with Gasteiger partial charge in [-0.15, -0.1) is 0 Å². The van der Waals surface area contributed by atoms with Crippen LogP contribution >= 0.6 is 0 Å². The molecule has 3 aliphatic carbocycles. The lowest BCUT2D eigenvalue weighted by Gasteiger charge is -2.40. The van der Waals surface area contributed by atoms with Crippen LogP contribution in [0.1, 0.15) is 38.5 Å². The monoisotopic (exact) mass is 218 g/mol. The molecule has 1 N–H and O–H groups in total. The highest BCUT2D eigenvalue weighted by molar-refractivity contribution is 5.82. The molecule has 86 valence electrons. The number of ketones is 1. The molecule has 2 unspecified atom stereocenters. The zero-order valence-corrected chi connectivity index (χ0v) is 9.48. The molecule has 3 atom stereocenters. The molecule has 2 saturated carbocycles. The van der Waals surface area contributed by atoms with Gasteiger partial charge in [0, 0.05) is 12.8 Å². The van der Waals surface area contributed by atoms with Crippen molar-refractivity contribution in [3.05, 3.63) is 23.3 Å². The molecule has 0 aliphatic heterocycles. The summed E-state index contributed by atoms with van der Waals surface area (Å²) in [6.07, 6.45) is 9.51. The van der Waals surface area contributed by atoms with Gasteiger partial charge in [0.25, 0.3) is 0 Å². The first kappa shape index (κ1) is 10.3. The van der Waals surface area contributed by atoms with E-state index in [0.717, 1.165) is 32.1 Å². The minimum atomic E-state index is -0.136. The second-order valence-corrected chi connectivity index (χ2v) is 5.39. The zero-order valence-electron chi connectivity index (χ0n) is 9.48. The lowest BCUT2D eigenvalue weighted by Crippen LogP contribution is -2.32. The van der Waals surface area contributed by atoms with Crippen molar-refractivity contribution >= 4 is 5.78 Å². The molecule has 2 heteroatoms. The third-order valence-electron chi connectivity index (χ3n) is 4.37. The predicted octanol–water partition coefficient (Wildman–Crippen LogP) is 2.38. The van der Waals surface area contributed by atoms with Gasteiger partial charge in [0.05, 0.1) is 6.10 Å². The van der Waals surface area contributed by atoms with Gasteiger partial charge >= 0.3 is 0 Å². The number of hydrogen-bond acceptors (Lipinski definition) is 2. The van der Waals surface area contributed by atoms with Crippen molar-refractivity contribution in [2.75, 3.05) is 0 Å². The van der Waals surface area contributed by atoms with Gasteiger partial charge in [-0.25, -0.2) is 0 Å². The molecule has 3 aliphatic rings. The predicted molar refractivity (Wildman–Crippen MR) is 61.9 cm³/mol. The van der Waals surface area contributed by atoms with Crippen molar-refractivity contribution in [1.82, 2.24) is 0 Å². The number of rotatable bonds is 0. The van der Waals surface area contributed by atoms with Crippen LogP contribution in [0.4, 0.5) is 0 Å². The van der Waals surface area contributed by atoms with Crippen molar-refractivity contribution in [3.8, 4) is 0 Å². The zero-order chi connectivity index (χ0) is 11.1. The van der Waals surface area contributed by atoms with E-state index in [-0.39, 0.29) is 6.10 Å². The molecule has 0 heterocycles. The number of Topliss-reactive ketones (excluding diaryl/α,β-unsaturated/α-hetero) is 1. The van der Waals surface area contributed by atoms with Crippen molar-refractivity contribution in [2.24, 2.45) is 11.8 Å². The van der Waals surface area contributed by atoms with Crippen LogP contribution in [0.2, 0.25) is 0 Å². The first-order chi connectivity index (χ1) is 7.74. The number of carbonyl (C=O) groups excluding carboxylic acids is 1. The summed E-state index contributed by atoms with van der Waals surface area (Å²) < 4.78 is 0. The Hall–Kier alpha value is -0.890. The number of aliphatic hydroxyl groups excluding tert-OH is 1. The Balaban J connectivity index is 1.87. The molecule has 0 amide bonds. The first-order valence-corrected chi connectivity index (χ1v) is 6.33. The normalized spacial score (nSPS) is 38.3. The average molecular weight is 218 g/mol. The van der Waals surface area contributed by atoms with Gasteiger partial charge in [0.1, 0.15) is 5.78 Å². The molecule has 2 fully saturated rings. The summed E-state index contributed by atoms with van der Waals surface area (Å²) in [5.41, 5.74) is 2.77. The van der Waals surface area contributed by atoms with Gasteiger partial charge in [-0.2, -0.15) is 0 Å². The lowest BCUT2D eigenvalue weighted by molar-refractivity contribution is -0.119. The Morgan fingerprint density at radius 2 is 1.81 bits per heavy atom. The van der Waals surface area contributed by atoms with E-state index >= 15 is 0 Å². The average Bonchev–Trinajstić information content (AvgIpc) is 2.28. The minimum absolute atomic E-state index is 0.136. The molecule has 0 aromatic carbocycles. The molecule has 0 aromatic rings. The van der Waals surface area contributed by atoms with Crippen molar-refractivity contribution in [2.45, 2.75) is 44.6 Å². The summed E-state index contributed by atoms with van der Waals surface area (Å²) in [5.74, 6) is 1.62. The molecule has 0 saturated heterocycles. The molecule has 3 rings (SSSR count). The van der Waals surface area contributed by atoms with Crippen molar-refractivity contribution < 1.29 is 9.90 Å². The maximum Gasteiger partial charge on any atom is 0.136 e. The van der Waals surface area contributed by atoms with Gasteiger partial charge in [-0.3, -0.25) is 4.79 Å². The fourth-order valence-electron chi connectivity index (χ4n) is 3.54. The molecule has 0 spiro atoms. The topological polar surface area (TPSA) is 37.3 Å². The lowest BCUT2D eigenvalue weighted by atomic mass is 9.65. The van der Waals surface area contributed by atoms with E-state index in [1.165, 1.54) is 11.1 Å². The summed E-state index contributed by atoms with van der Waals surface area (Å²) in [6.45, 7) is 0. The van der Waals surface area contributed by atoms with Gasteiger partial charge in [0.15, 0.2) is 0 Å². The number of hydrogen-bond donors (Lipinski definition) is 1. The molecule has 16 heavy (non-hydrogen) atoms.